The number of ether oxygens (including phenoxy) is 1. The number of nitrogens with one attached hydrogen (secondary N) is 1. The largest absolute Gasteiger partial charge is 0.381 e. The third-order valence-corrected chi connectivity index (χ3v) is 7.31. The number of amides is 2. The standard InChI is InChI=1S/C22H24N2O5S/c25-20-10-11-21(26)24(20)18-6-8-19(9-7-18)30(27,28)23-16-22(12-14-29-15-13-22)17-4-2-1-3-5-17/h1-9,23H,10-16H2. The lowest BCUT2D eigenvalue weighted by Crippen LogP contribution is -2.44. The van der Waals surface area contributed by atoms with Crippen LogP contribution in [0.4, 0.5) is 5.69 Å². The zero-order chi connectivity index (χ0) is 21.2. The summed E-state index contributed by atoms with van der Waals surface area (Å²) >= 11 is 0. The molecule has 2 aromatic carbocycles. The maximum Gasteiger partial charge on any atom is 0.240 e. The minimum absolute atomic E-state index is 0.0978. The summed E-state index contributed by atoms with van der Waals surface area (Å²) in [4.78, 5) is 25.0. The van der Waals surface area contributed by atoms with E-state index in [4.69, 9.17) is 4.74 Å². The van der Waals surface area contributed by atoms with Crippen molar-refractivity contribution in [2.45, 2.75) is 36.0 Å². The second-order valence-electron chi connectivity index (χ2n) is 7.70. The van der Waals surface area contributed by atoms with Gasteiger partial charge in [-0.1, -0.05) is 30.3 Å². The van der Waals surface area contributed by atoms with Gasteiger partial charge in [-0.3, -0.25) is 14.5 Å². The number of benzene rings is 2. The van der Waals surface area contributed by atoms with Crippen LogP contribution in [-0.2, 0) is 29.8 Å². The van der Waals surface area contributed by atoms with Gasteiger partial charge in [0.1, 0.15) is 0 Å². The molecule has 2 fully saturated rings. The van der Waals surface area contributed by atoms with Gasteiger partial charge in [0.15, 0.2) is 0 Å². The number of nitrogens with zero attached hydrogens (tertiary/aromatic N) is 1. The molecule has 2 aromatic rings. The van der Waals surface area contributed by atoms with Crippen LogP contribution in [0.2, 0.25) is 0 Å². The van der Waals surface area contributed by atoms with Crippen LogP contribution < -0.4 is 9.62 Å². The fraction of sp³-hybridized carbons (Fsp3) is 0.364. The van der Waals surface area contributed by atoms with Gasteiger partial charge in [0.2, 0.25) is 21.8 Å². The molecule has 1 N–H and O–H groups in total. The van der Waals surface area contributed by atoms with Gasteiger partial charge in [-0.15, -0.1) is 0 Å². The predicted octanol–water partition coefficient (Wildman–Crippen LogP) is 2.37. The molecule has 0 unspecified atom stereocenters. The fourth-order valence-electron chi connectivity index (χ4n) is 4.08. The fourth-order valence-corrected chi connectivity index (χ4v) is 5.20. The van der Waals surface area contributed by atoms with E-state index in [-0.39, 0.29) is 41.5 Å². The van der Waals surface area contributed by atoms with E-state index in [2.05, 4.69) is 4.72 Å². The van der Waals surface area contributed by atoms with Crippen molar-refractivity contribution in [3.63, 3.8) is 0 Å². The molecule has 0 atom stereocenters. The molecule has 7 nitrogen and oxygen atoms in total. The lowest BCUT2D eigenvalue weighted by atomic mass is 9.74. The minimum atomic E-state index is -3.75. The Morgan fingerprint density at radius 2 is 1.50 bits per heavy atom. The van der Waals surface area contributed by atoms with Crippen molar-refractivity contribution in [2.24, 2.45) is 0 Å². The second kappa shape index (κ2) is 8.29. The topological polar surface area (TPSA) is 92.8 Å². The number of carbonyl (C=O) groups excluding carboxylic acids is 2. The minimum Gasteiger partial charge on any atom is -0.381 e. The highest BCUT2D eigenvalue weighted by atomic mass is 32.2. The van der Waals surface area contributed by atoms with Gasteiger partial charge in [0.05, 0.1) is 10.6 Å². The summed E-state index contributed by atoms with van der Waals surface area (Å²) in [5, 5.41) is 0. The Kier molecular flexibility index (Phi) is 5.73. The zero-order valence-corrected chi connectivity index (χ0v) is 17.4. The molecule has 0 aromatic heterocycles. The third kappa shape index (κ3) is 4.03. The molecule has 2 amide bonds. The van der Waals surface area contributed by atoms with Crippen LogP contribution in [0.5, 0.6) is 0 Å². The van der Waals surface area contributed by atoms with E-state index in [1.54, 1.807) is 0 Å². The molecule has 2 heterocycles. The third-order valence-electron chi connectivity index (χ3n) is 5.89. The van der Waals surface area contributed by atoms with Crippen LogP contribution in [0.25, 0.3) is 0 Å². The predicted molar refractivity (Wildman–Crippen MR) is 112 cm³/mol. The summed E-state index contributed by atoms with van der Waals surface area (Å²) < 4.78 is 34.1. The van der Waals surface area contributed by atoms with Gasteiger partial charge in [0.25, 0.3) is 0 Å². The zero-order valence-electron chi connectivity index (χ0n) is 16.5. The van der Waals surface area contributed by atoms with Crippen LogP contribution in [0.15, 0.2) is 59.5 Å². The first-order valence-corrected chi connectivity index (χ1v) is 11.5. The lowest BCUT2D eigenvalue weighted by molar-refractivity contribution is -0.121. The first kappa shape index (κ1) is 20.7. The van der Waals surface area contributed by atoms with Crippen molar-refractivity contribution in [3.8, 4) is 0 Å². The van der Waals surface area contributed by atoms with Gasteiger partial charge in [-0.05, 0) is 42.7 Å². The molecule has 0 radical (unpaired) electrons. The van der Waals surface area contributed by atoms with E-state index in [1.165, 1.54) is 24.3 Å². The van der Waals surface area contributed by atoms with Crippen molar-refractivity contribution in [2.75, 3.05) is 24.7 Å². The Bertz CT molecular complexity index is 1010. The van der Waals surface area contributed by atoms with Crippen molar-refractivity contribution in [3.05, 3.63) is 60.2 Å². The van der Waals surface area contributed by atoms with E-state index in [9.17, 15) is 18.0 Å². The summed E-state index contributed by atoms with van der Waals surface area (Å²) in [7, 11) is -3.75. The Labute approximate surface area is 176 Å². The van der Waals surface area contributed by atoms with E-state index >= 15 is 0 Å². The summed E-state index contributed by atoms with van der Waals surface area (Å²) in [5.74, 6) is -0.531. The quantitative estimate of drug-likeness (QED) is 0.713. The molecule has 2 aliphatic heterocycles. The van der Waals surface area contributed by atoms with E-state index in [0.29, 0.717) is 18.9 Å². The summed E-state index contributed by atoms with van der Waals surface area (Å²) in [5.41, 5.74) is 1.17. The summed E-state index contributed by atoms with van der Waals surface area (Å²) in [6, 6.07) is 15.8. The monoisotopic (exact) mass is 428 g/mol. The molecule has 30 heavy (non-hydrogen) atoms. The Morgan fingerprint density at radius 3 is 2.10 bits per heavy atom. The molecular weight excluding hydrogens is 404 g/mol. The van der Waals surface area contributed by atoms with E-state index in [0.717, 1.165) is 23.3 Å². The SMILES string of the molecule is O=C1CCC(=O)N1c1ccc(S(=O)(=O)NCC2(c3ccccc3)CCOCC2)cc1. The smallest absolute Gasteiger partial charge is 0.240 e. The summed E-state index contributed by atoms with van der Waals surface area (Å²) in [6.07, 6.45) is 1.84. The van der Waals surface area contributed by atoms with Crippen molar-refractivity contribution in [1.29, 1.82) is 0 Å². The number of hydrogen-bond acceptors (Lipinski definition) is 5. The Balaban J connectivity index is 1.52. The Hall–Kier alpha value is -2.55. The first-order valence-electron chi connectivity index (χ1n) is 10.0. The molecule has 0 spiro atoms. The van der Waals surface area contributed by atoms with Crippen LogP contribution in [0, 0.1) is 0 Å². The highest BCUT2D eigenvalue weighted by Crippen LogP contribution is 2.34. The number of rotatable bonds is 6. The molecule has 4 rings (SSSR count). The van der Waals surface area contributed by atoms with Gasteiger partial charge in [0, 0.05) is 38.0 Å². The molecule has 0 aliphatic carbocycles. The maximum atomic E-state index is 12.9. The molecule has 0 saturated carbocycles. The number of anilines is 1. The van der Waals surface area contributed by atoms with Crippen LogP contribution in [0.3, 0.4) is 0 Å². The number of sulfonamides is 1. The van der Waals surface area contributed by atoms with E-state index in [1.807, 2.05) is 30.3 Å². The Morgan fingerprint density at radius 1 is 0.900 bits per heavy atom. The molecular formula is C22H24N2O5S. The average Bonchev–Trinajstić information content (AvgIpc) is 3.12. The van der Waals surface area contributed by atoms with Gasteiger partial charge in [-0.25, -0.2) is 13.1 Å². The number of imide groups is 1. The van der Waals surface area contributed by atoms with E-state index < -0.39 is 10.0 Å². The number of hydrogen-bond donors (Lipinski definition) is 1. The lowest BCUT2D eigenvalue weighted by Gasteiger charge is -2.37. The molecule has 2 saturated heterocycles. The summed E-state index contributed by atoms with van der Waals surface area (Å²) in [6.45, 7) is 1.44. The highest BCUT2D eigenvalue weighted by molar-refractivity contribution is 7.89. The van der Waals surface area contributed by atoms with Crippen molar-refractivity contribution >= 4 is 27.5 Å². The molecule has 2 aliphatic rings. The number of carbonyl (C=O) groups is 2. The normalized spacial score (nSPS) is 19.3. The first-order chi connectivity index (χ1) is 14.4. The molecule has 158 valence electrons. The van der Waals surface area contributed by atoms with Crippen LogP contribution in [-0.4, -0.2) is 40.0 Å². The maximum absolute atomic E-state index is 12.9. The van der Waals surface area contributed by atoms with Crippen LogP contribution in [0.1, 0.15) is 31.2 Å². The molecule has 0 bridgehead atoms. The van der Waals surface area contributed by atoms with Gasteiger partial charge in [-0.2, -0.15) is 0 Å². The molecule has 8 heteroatoms. The van der Waals surface area contributed by atoms with Gasteiger partial charge >= 0.3 is 0 Å². The second-order valence-corrected chi connectivity index (χ2v) is 9.47. The average molecular weight is 429 g/mol. The van der Waals surface area contributed by atoms with Crippen LogP contribution >= 0.6 is 0 Å². The van der Waals surface area contributed by atoms with Crippen molar-refractivity contribution in [1.82, 2.24) is 4.72 Å². The van der Waals surface area contributed by atoms with Gasteiger partial charge < -0.3 is 4.74 Å². The highest BCUT2D eigenvalue weighted by Gasteiger charge is 2.36. The van der Waals surface area contributed by atoms with Crippen molar-refractivity contribution < 1.29 is 22.7 Å².